The Hall–Kier alpha value is -0.780. The lowest BCUT2D eigenvalue weighted by Crippen LogP contribution is -2.08. The van der Waals surface area contributed by atoms with Gasteiger partial charge in [-0.1, -0.05) is 65.0 Å². The first-order valence-electron chi connectivity index (χ1n) is 5.62. The lowest BCUT2D eigenvalue weighted by molar-refractivity contribution is 0.528. The molecule has 0 aliphatic heterocycles. The van der Waals surface area contributed by atoms with Crippen LogP contribution >= 0.6 is 0 Å². The molecule has 0 spiro atoms. The number of hydrogen-bond donors (Lipinski definition) is 0. The van der Waals surface area contributed by atoms with E-state index in [1.807, 2.05) is 13.8 Å². The maximum absolute atomic E-state index is 2.36. The topological polar surface area (TPSA) is 0 Å². The Balaban J connectivity index is 0.000000461. The molecule has 1 saturated carbocycles. The Morgan fingerprint density at radius 2 is 1.36 bits per heavy atom. The van der Waals surface area contributed by atoms with Crippen LogP contribution in [0.3, 0.4) is 0 Å². The van der Waals surface area contributed by atoms with Crippen molar-refractivity contribution in [3.8, 4) is 0 Å². The van der Waals surface area contributed by atoms with Gasteiger partial charge in [0.1, 0.15) is 0 Å². The fourth-order valence-electron chi connectivity index (χ4n) is 2.14. The van der Waals surface area contributed by atoms with Gasteiger partial charge in [0.15, 0.2) is 0 Å². The highest BCUT2D eigenvalue weighted by atomic mass is 14.6. The molecule has 14 heavy (non-hydrogen) atoms. The minimum Gasteiger partial charge on any atom is -0.0683 e. The second-order valence-corrected chi connectivity index (χ2v) is 4.76. The van der Waals surface area contributed by atoms with E-state index in [0.29, 0.717) is 10.8 Å². The van der Waals surface area contributed by atoms with Crippen molar-refractivity contribution in [1.82, 2.24) is 0 Å². The summed E-state index contributed by atoms with van der Waals surface area (Å²) in [5, 5.41) is 0. The van der Waals surface area contributed by atoms with Gasteiger partial charge < -0.3 is 0 Å². The van der Waals surface area contributed by atoms with Gasteiger partial charge in [-0.3, -0.25) is 0 Å². The van der Waals surface area contributed by atoms with Crippen LogP contribution in [0.4, 0.5) is 0 Å². The molecule has 0 heteroatoms. The monoisotopic (exact) mass is 190 g/mol. The number of hydrogen-bond acceptors (Lipinski definition) is 0. The van der Waals surface area contributed by atoms with Crippen LogP contribution in [0.1, 0.15) is 46.6 Å². The molecule has 1 aliphatic rings. The van der Waals surface area contributed by atoms with E-state index < -0.39 is 0 Å². The zero-order chi connectivity index (χ0) is 10.8. The Bertz CT molecular complexity index is 284. The maximum Gasteiger partial charge on any atom is -0.00184 e. The zero-order valence-electron chi connectivity index (χ0n) is 10.1. The molecule has 1 unspecified atom stereocenters. The first-order chi connectivity index (χ1) is 6.56. The average molecular weight is 190 g/mol. The predicted molar refractivity (Wildman–Crippen MR) is 63.5 cm³/mol. The lowest BCUT2D eigenvalue weighted by atomic mass is 9.90. The summed E-state index contributed by atoms with van der Waals surface area (Å²) in [6, 6.07) is 10.8. The molecule has 0 aromatic heterocycles. The van der Waals surface area contributed by atoms with Gasteiger partial charge in [-0.05, 0) is 22.8 Å². The average Bonchev–Trinajstić information content (AvgIpc) is 2.72. The van der Waals surface area contributed by atoms with Crippen LogP contribution in [0.5, 0.6) is 0 Å². The SMILES string of the molecule is CC.CC1(C)CC1(C)c1ccccc1. The highest BCUT2D eigenvalue weighted by molar-refractivity contribution is 5.35. The van der Waals surface area contributed by atoms with Crippen LogP contribution in [-0.2, 0) is 5.41 Å². The van der Waals surface area contributed by atoms with Gasteiger partial charge in [0, 0.05) is 0 Å². The fourth-order valence-corrected chi connectivity index (χ4v) is 2.14. The second kappa shape index (κ2) is 3.76. The van der Waals surface area contributed by atoms with Crippen LogP contribution in [0.15, 0.2) is 30.3 Å². The number of rotatable bonds is 1. The summed E-state index contributed by atoms with van der Waals surface area (Å²) in [6.45, 7) is 11.1. The molecule has 0 radical (unpaired) electrons. The quantitative estimate of drug-likeness (QED) is 0.615. The van der Waals surface area contributed by atoms with Crippen LogP contribution in [-0.4, -0.2) is 0 Å². The van der Waals surface area contributed by atoms with Crippen molar-refractivity contribution < 1.29 is 0 Å². The summed E-state index contributed by atoms with van der Waals surface area (Å²) in [5.74, 6) is 0. The third-order valence-electron chi connectivity index (χ3n) is 3.58. The van der Waals surface area contributed by atoms with Crippen LogP contribution in [0.25, 0.3) is 0 Å². The van der Waals surface area contributed by atoms with E-state index in [9.17, 15) is 0 Å². The van der Waals surface area contributed by atoms with E-state index in [0.717, 1.165) is 0 Å². The van der Waals surface area contributed by atoms with Crippen molar-refractivity contribution >= 4 is 0 Å². The van der Waals surface area contributed by atoms with Crippen molar-refractivity contribution in [1.29, 1.82) is 0 Å². The summed E-state index contributed by atoms with van der Waals surface area (Å²) in [7, 11) is 0. The molecule has 1 atom stereocenters. The van der Waals surface area contributed by atoms with Gasteiger partial charge in [-0.25, -0.2) is 0 Å². The smallest absolute Gasteiger partial charge is 0.00184 e. The molecule has 1 aliphatic carbocycles. The summed E-state index contributed by atoms with van der Waals surface area (Å²) in [5.41, 5.74) is 2.44. The van der Waals surface area contributed by atoms with E-state index >= 15 is 0 Å². The van der Waals surface area contributed by atoms with Crippen molar-refractivity contribution in [3.05, 3.63) is 35.9 Å². The van der Waals surface area contributed by atoms with Crippen molar-refractivity contribution in [2.24, 2.45) is 5.41 Å². The van der Waals surface area contributed by atoms with Gasteiger partial charge in [-0.15, -0.1) is 0 Å². The van der Waals surface area contributed by atoms with E-state index in [1.165, 1.54) is 12.0 Å². The van der Waals surface area contributed by atoms with Gasteiger partial charge in [0.05, 0.1) is 0 Å². The minimum atomic E-state index is 0.439. The summed E-state index contributed by atoms with van der Waals surface area (Å²) < 4.78 is 0. The van der Waals surface area contributed by atoms with Crippen LogP contribution < -0.4 is 0 Å². The first kappa shape index (κ1) is 11.3. The van der Waals surface area contributed by atoms with Crippen molar-refractivity contribution in [2.45, 2.75) is 46.5 Å². The normalized spacial score (nSPS) is 27.5. The van der Waals surface area contributed by atoms with E-state index in [-0.39, 0.29) is 0 Å². The lowest BCUT2D eigenvalue weighted by Gasteiger charge is -2.14. The van der Waals surface area contributed by atoms with Gasteiger partial charge in [-0.2, -0.15) is 0 Å². The highest BCUT2D eigenvalue weighted by Crippen LogP contribution is 2.63. The summed E-state index contributed by atoms with van der Waals surface area (Å²) in [6.07, 6.45) is 1.32. The van der Waals surface area contributed by atoms with Gasteiger partial charge >= 0.3 is 0 Å². The van der Waals surface area contributed by atoms with Gasteiger partial charge in [0.2, 0.25) is 0 Å². The molecular formula is C14H22. The zero-order valence-corrected chi connectivity index (χ0v) is 10.1. The molecule has 78 valence electrons. The third-order valence-corrected chi connectivity index (χ3v) is 3.58. The van der Waals surface area contributed by atoms with E-state index in [2.05, 4.69) is 51.1 Å². The van der Waals surface area contributed by atoms with Crippen LogP contribution in [0, 0.1) is 5.41 Å². The molecule has 2 rings (SSSR count). The molecule has 1 aromatic carbocycles. The molecule has 1 fully saturated rings. The molecule has 0 amide bonds. The molecule has 0 nitrogen and oxygen atoms in total. The minimum absolute atomic E-state index is 0.439. The fraction of sp³-hybridized carbons (Fsp3) is 0.571. The molecule has 0 saturated heterocycles. The predicted octanol–water partition coefficient (Wildman–Crippen LogP) is 4.40. The highest BCUT2D eigenvalue weighted by Gasteiger charge is 2.57. The summed E-state index contributed by atoms with van der Waals surface area (Å²) in [4.78, 5) is 0. The molecule has 0 heterocycles. The third kappa shape index (κ3) is 1.70. The first-order valence-corrected chi connectivity index (χ1v) is 5.62. The van der Waals surface area contributed by atoms with Gasteiger partial charge in [0.25, 0.3) is 0 Å². The maximum atomic E-state index is 2.36. The largest absolute Gasteiger partial charge is 0.0683 e. The van der Waals surface area contributed by atoms with Crippen molar-refractivity contribution in [3.63, 3.8) is 0 Å². The molecular weight excluding hydrogens is 168 g/mol. The summed E-state index contributed by atoms with van der Waals surface area (Å²) >= 11 is 0. The van der Waals surface area contributed by atoms with Crippen LogP contribution in [0.2, 0.25) is 0 Å². The standard InChI is InChI=1S/C12H16.C2H6/c1-11(2)9-12(11,3)10-7-5-4-6-8-10;1-2/h4-8H,9H2,1-3H3;1-2H3. The Labute approximate surface area is 88.4 Å². The van der Waals surface area contributed by atoms with E-state index in [4.69, 9.17) is 0 Å². The second-order valence-electron chi connectivity index (χ2n) is 4.76. The van der Waals surface area contributed by atoms with Crippen molar-refractivity contribution in [2.75, 3.05) is 0 Å². The Morgan fingerprint density at radius 1 is 0.929 bits per heavy atom. The molecule has 0 N–H and O–H groups in total. The van der Waals surface area contributed by atoms with E-state index in [1.54, 1.807) is 0 Å². The molecule has 1 aromatic rings. The molecule has 0 bridgehead atoms. The Morgan fingerprint density at radius 3 is 1.71 bits per heavy atom. The number of benzene rings is 1. The Kier molecular flexibility index (Phi) is 3.04.